The van der Waals surface area contributed by atoms with Gasteiger partial charge in [0.15, 0.2) is 11.5 Å². The topological polar surface area (TPSA) is 120 Å². The molecule has 3 amide bonds. The zero-order valence-corrected chi connectivity index (χ0v) is 15.3. The molecule has 0 atom stereocenters. The zero-order chi connectivity index (χ0) is 20.3. The molecular weight excluding hydrogens is 390 g/mol. The number of nitrogens with zero attached hydrogens (tertiary/aromatic N) is 1. The molecule has 144 valence electrons. The molecule has 0 unspecified atom stereocenters. The maximum Gasteiger partial charge on any atom is 0.326 e. The Bertz CT molecular complexity index is 988. The van der Waals surface area contributed by atoms with E-state index in [4.69, 9.17) is 21.1 Å². The second kappa shape index (κ2) is 7.97. The fraction of sp³-hybridized carbons (Fsp3) is 0.111. The molecule has 1 aliphatic rings. The van der Waals surface area contributed by atoms with Crippen molar-refractivity contribution in [1.82, 2.24) is 10.6 Å². The van der Waals surface area contributed by atoms with Gasteiger partial charge in [-0.2, -0.15) is 0 Å². The summed E-state index contributed by atoms with van der Waals surface area (Å²) >= 11 is 6.29. The van der Waals surface area contributed by atoms with Gasteiger partial charge in [-0.05, 0) is 41.5 Å². The van der Waals surface area contributed by atoms with Gasteiger partial charge in [-0.15, -0.1) is 0 Å². The van der Waals surface area contributed by atoms with Gasteiger partial charge in [-0.3, -0.25) is 20.2 Å². The van der Waals surface area contributed by atoms with Gasteiger partial charge in [-0.1, -0.05) is 11.6 Å². The summed E-state index contributed by atoms with van der Waals surface area (Å²) in [4.78, 5) is 33.0. The lowest BCUT2D eigenvalue weighted by Crippen LogP contribution is -2.22. The van der Waals surface area contributed by atoms with E-state index in [-0.39, 0.29) is 28.8 Å². The van der Waals surface area contributed by atoms with E-state index >= 15 is 0 Å². The molecular formula is C18H14ClN3O6. The fourth-order valence-corrected chi connectivity index (χ4v) is 2.76. The van der Waals surface area contributed by atoms with Crippen LogP contribution in [0.4, 0.5) is 10.5 Å². The second-order valence-electron chi connectivity index (χ2n) is 5.71. The molecule has 1 aliphatic heterocycles. The number of urea groups is 1. The normalized spacial score (nSPS) is 14.6. The van der Waals surface area contributed by atoms with Crippen molar-refractivity contribution in [2.45, 2.75) is 6.61 Å². The number of nitrogens with one attached hydrogen (secondary N) is 2. The van der Waals surface area contributed by atoms with Gasteiger partial charge in [0.05, 0.1) is 17.1 Å². The number of hydrogen-bond donors (Lipinski definition) is 2. The number of amides is 3. The van der Waals surface area contributed by atoms with E-state index in [1.165, 1.54) is 25.3 Å². The summed E-state index contributed by atoms with van der Waals surface area (Å²) in [5.74, 6) is 0.0640. The van der Waals surface area contributed by atoms with Gasteiger partial charge in [-0.25, -0.2) is 4.79 Å². The number of nitro benzene ring substituents is 1. The summed E-state index contributed by atoms with van der Waals surface area (Å²) in [5.41, 5.74) is 1.31. The Morgan fingerprint density at radius 2 is 1.89 bits per heavy atom. The molecule has 9 nitrogen and oxygen atoms in total. The van der Waals surface area contributed by atoms with Crippen molar-refractivity contribution in [3.63, 3.8) is 0 Å². The molecule has 3 rings (SSSR count). The van der Waals surface area contributed by atoms with Crippen molar-refractivity contribution in [2.75, 3.05) is 7.11 Å². The van der Waals surface area contributed by atoms with Gasteiger partial charge < -0.3 is 14.8 Å². The van der Waals surface area contributed by atoms with Crippen LogP contribution in [0.3, 0.4) is 0 Å². The van der Waals surface area contributed by atoms with Crippen LogP contribution < -0.4 is 20.1 Å². The van der Waals surface area contributed by atoms with Gasteiger partial charge in [0, 0.05) is 12.1 Å². The number of imide groups is 1. The molecule has 1 saturated heterocycles. The average molecular weight is 404 g/mol. The average Bonchev–Trinajstić information content (AvgIpc) is 2.97. The Morgan fingerprint density at radius 1 is 1.18 bits per heavy atom. The third-order valence-corrected chi connectivity index (χ3v) is 4.09. The van der Waals surface area contributed by atoms with E-state index in [9.17, 15) is 19.7 Å². The molecule has 0 bridgehead atoms. The van der Waals surface area contributed by atoms with E-state index < -0.39 is 16.9 Å². The molecule has 0 radical (unpaired) electrons. The third-order valence-electron chi connectivity index (χ3n) is 3.81. The SMILES string of the molecule is COc1cc(C=C2NC(=O)NC2=O)cc(Cl)c1OCc1ccc([N+](=O)[O-])cc1. The van der Waals surface area contributed by atoms with E-state index in [2.05, 4.69) is 10.6 Å². The van der Waals surface area contributed by atoms with Crippen molar-refractivity contribution in [2.24, 2.45) is 0 Å². The first-order chi connectivity index (χ1) is 13.4. The van der Waals surface area contributed by atoms with Crippen molar-refractivity contribution >= 4 is 35.3 Å². The lowest BCUT2D eigenvalue weighted by Gasteiger charge is -2.13. The maximum absolute atomic E-state index is 11.6. The van der Waals surface area contributed by atoms with Crippen LogP contribution in [0.1, 0.15) is 11.1 Å². The highest BCUT2D eigenvalue weighted by Crippen LogP contribution is 2.37. The minimum absolute atomic E-state index is 0.0141. The highest BCUT2D eigenvalue weighted by atomic mass is 35.5. The number of carbonyl (C=O) groups excluding carboxylic acids is 2. The van der Waals surface area contributed by atoms with Crippen LogP contribution in [0, 0.1) is 10.1 Å². The van der Waals surface area contributed by atoms with Crippen LogP contribution in [-0.4, -0.2) is 24.0 Å². The van der Waals surface area contributed by atoms with E-state index in [1.807, 2.05) is 0 Å². The second-order valence-corrected chi connectivity index (χ2v) is 6.12. The fourth-order valence-electron chi connectivity index (χ4n) is 2.48. The Morgan fingerprint density at radius 3 is 2.46 bits per heavy atom. The van der Waals surface area contributed by atoms with Gasteiger partial charge in [0.25, 0.3) is 11.6 Å². The van der Waals surface area contributed by atoms with Crippen LogP contribution in [0.2, 0.25) is 5.02 Å². The highest BCUT2D eigenvalue weighted by molar-refractivity contribution is 6.32. The van der Waals surface area contributed by atoms with Gasteiger partial charge in [0.2, 0.25) is 0 Å². The molecule has 0 saturated carbocycles. The number of benzene rings is 2. The Balaban J connectivity index is 1.80. The largest absolute Gasteiger partial charge is 0.493 e. The number of ether oxygens (including phenoxy) is 2. The molecule has 0 aliphatic carbocycles. The van der Waals surface area contributed by atoms with Crippen LogP contribution in [-0.2, 0) is 11.4 Å². The predicted molar refractivity (Wildman–Crippen MR) is 100 cm³/mol. The Labute approximate surface area is 164 Å². The van der Waals surface area contributed by atoms with E-state index in [0.717, 1.165) is 0 Å². The van der Waals surface area contributed by atoms with Crippen LogP contribution in [0.25, 0.3) is 6.08 Å². The van der Waals surface area contributed by atoms with Gasteiger partial charge >= 0.3 is 6.03 Å². The first-order valence-corrected chi connectivity index (χ1v) is 8.33. The monoisotopic (exact) mass is 403 g/mol. The molecule has 2 aromatic rings. The molecule has 1 heterocycles. The quantitative estimate of drug-likeness (QED) is 0.331. The Hall–Kier alpha value is -3.59. The molecule has 28 heavy (non-hydrogen) atoms. The molecule has 1 fully saturated rings. The number of carbonyl (C=O) groups is 2. The molecule has 0 aromatic heterocycles. The number of non-ortho nitro benzene ring substituents is 1. The standard InChI is InChI=1S/C18H14ClN3O6/c1-27-15-8-11(7-14-17(23)21-18(24)20-14)6-13(19)16(15)28-9-10-2-4-12(5-3-10)22(25)26/h2-8H,9H2,1H3,(H2,20,21,23,24). The number of nitro groups is 1. The minimum Gasteiger partial charge on any atom is -0.493 e. The van der Waals surface area contributed by atoms with Crippen molar-refractivity contribution < 1.29 is 24.0 Å². The molecule has 2 aromatic carbocycles. The zero-order valence-electron chi connectivity index (χ0n) is 14.5. The number of hydrogen-bond acceptors (Lipinski definition) is 6. The Kier molecular flexibility index (Phi) is 5.46. The summed E-state index contributed by atoms with van der Waals surface area (Å²) in [6, 6.07) is 8.48. The molecule has 10 heteroatoms. The van der Waals surface area contributed by atoms with Crippen molar-refractivity contribution in [3.05, 3.63) is 68.4 Å². The van der Waals surface area contributed by atoms with Crippen molar-refractivity contribution in [1.29, 1.82) is 0 Å². The summed E-state index contributed by atoms with van der Waals surface area (Å²) in [7, 11) is 1.44. The molecule has 0 spiro atoms. The van der Waals surface area contributed by atoms with Crippen molar-refractivity contribution in [3.8, 4) is 11.5 Å². The minimum atomic E-state index is -0.600. The maximum atomic E-state index is 11.6. The summed E-state index contributed by atoms with van der Waals surface area (Å²) in [6.07, 6.45) is 1.45. The predicted octanol–water partition coefficient (Wildman–Crippen LogP) is 3.02. The van der Waals surface area contributed by atoms with E-state index in [1.54, 1.807) is 24.3 Å². The number of halogens is 1. The summed E-state index contributed by atoms with van der Waals surface area (Å²) < 4.78 is 11.0. The van der Waals surface area contributed by atoms with Gasteiger partial charge in [0.1, 0.15) is 12.3 Å². The lowest BCUT2D eigenvalue weighted by atomic mass is 10.1. The summed E-state index contributed by atoms with van der Waals surface area (Å²) in [6.45, 7) is 0.118. The molecule has 2 N–H and O–H groups in total. The third kappa shape index (κ3) is 4.21. The van der Waals surface area contributed by atoms with Crippen LogP contribution in [0.15, 0.2) is 42.1 Å². The van der Waals surface area contributed by atoms with Crippen LogP contribution in [0.5, 0.6) is 11.5 Å². The first kappa shape index (κ1) is 19.2. The highest BCUT2D eigenvalue weighted by Gasteiger charge is 2.23. The number of methoxy groups -OCH3 is 1. The van der Waals surface area contributed by atoms with E-state index in [0.29, 0.717) is 16.9 Å². The first-order valence-electron chi connectivity index (χ1n) is 7.95. The smallest absolute Gasteiger partial charge is 0.326 e. The van der Waals surface area contributed by atoms with Crippen LogP contribution >= 0.6 is 11.6 Å². The summed E-state index contributed by atoms with van der Waals surface area (Å²) in [5, 5.41) is 15.4. The lowest BCUT2D eigenvalue weighted by molar-refractivity contribution is -0.384. The number of rotatable bonds is 6.